The highest BCUT2D eigenvalue weighted by Crippen LogP contribution is 2.23. The zero-order chi connectivity index (χ0) is 18.3. The number of aromatic nitrogens is 1. The lowest BCUT2D eigenvalue weighted by atomic mass is 9.97. The second-order valence-corrected chi connectivity index (χ2v) is 7.91. The molecule has 3 rings (SSSR count). The average Bonchev–Trinajstić information content (AvgIpc) is 2.80. The van der Waals surface area contributed by atoms with Gasteiger partial charge in [0.2, 0.25) is 0 Å². The summed E-state index contributed by atoms with van der Waals surface area (Å²) >= 11 is 1.58. The molecule has 3 aromatic rings. The van der Waals surface area contributed by atoms with Gasteiger partial charge >= 0.3 is 0 Å². The lowest BCUT2D eigenvalue weighted by molar-refractivity contribution is -0.117. The van der Waals surface area contributed by atoms with E-state index in [1.165, 1.54) is 21.4 Å². The number of fused-ring (bicyclic) bond motifs is 1. The third-order valence-electron chi connectivity index (χ3n) is 4.63. The van der Waals surface area contributed by atoms with Gasteiger partial charge in [-0.25, -0.2) is 0 Å². The topological polar surface area (TPSA) is 34.4 Å². The molecule has 0 aliphatic carbocycles. The van der Waals surface area contributed by atoms with Crippen LogP contribution in [0.3, 0.4) is 0 Å². The molecule has 0 saturated heterocycles. The first-order chi connectivity index (χ1) is 11.8. The van der Waals surface area contributed by atoms with E-state index in [1.807, 2.05) is 11.6 Å². The summed E-state index contributed by atoms with van der Waals surface area (Å²) in [6.07, 6.45) is 0.351. The Morgan fingerprint density at radius 1 is 0.960 bits per heavy atom. The Morgan fingerprint density at radius 2 is 1.52 bits per heavy atom. The average molecular weight is 353 g/mol. The van der Waals surface area contributed by atoms with E-state index in [-0.39, 0.29) is 5.91 Å². The number of aryl methyl sites for hydroxylation is 6. The molecule has 0 spiro atoms. The Balaban J connectivity index is 2.01. The summed E-state index contributed by atoms with van der Waals surface area (Å²) in [4.78, 5) is 17.7. The van der Waals surface area contributed by atoms with Crippen molar-refractivity contribution >= 4 is 27.5 Å². The van der Waals surface area contributed by atoms with Crippen molar-refractivity contribution < 1.29 is 4.79 Å². The highest BCUT2D eigenvalue weighted by atomic mass is 32.1. The second-order valence-electron chi connectivity index (χ2n) is 6.93. The van der Waals surface area contributed by atoms with Crippen LogP contribution in [0.4, 0.5) is 0 Å². The van der Waals surface area contributed by atoms with Crippen molar-refractivity contribution in [3.8, 4) is 0 Å². The van der Waals surface area contributed by atoms with Crippen LogP contribution in [0.5, 0.6) is 0 Å². The number of carbonyl (C=O) groups is 1. The summed E-state index contributed by atoms with van der Waals surface area (Å²) in [6, 6.07) is 8.57. The highest BCUT2D eigenvalue weighted by Gasteiger charge is 2.11. The molecule has 25 heavy (non-hydrogen) atoms. The largest absolute Gasteiger partial charge is 0.319 e. The molecule has 130 valence electrons. The summed E-state index contributed by atoms with van der Waals surface area (Å²) in [5, 5.41) is 0. The van der Waals surface area contributed by atoms with Crippen molar-refractivity contribution in [1.29, 1.82) is 0 Å². The molecule has 0 bridgehead atoms. The number of nitrogens with zero attached hydrogens (tertiary/aromatic N) is 2. The Hall–Kier alpha value is -2.20. The Labute approximate surface area is 152 Å². The summed E-state index contributed by atoms with van der Waals surface area (Å²) < 4.78 is 3.22. The molecule has 0 fully saturated rings. The van der Waals surface area contributed by atoms with E-state index >= 15 is 0 Å². The molecule has 0 N–H and O–H groups in total. The zero-order valence-electron chi connectivity index (χ0n) is 15.7. The minimum Gasteiger partial charge on any atom is -0.319 e. The van der Waals surface area contributed by atoms with E-state index in [2.05, 4.69) is 63.9 Å². The van der Waals surface area contributed by atoms with E-state index in [0.29, 0.717) is 6.42 Å². The molecule has 1 aromatic heterocycles. The van der Waals surface area contributed by atoms with Crippen molar-refractivity contribution in [2.24, 2.45) is 12.0 Å². The quantitative estimate of drug-likeness (QED) is 0.671. The lowest BCUT2D eigenvalue weighted by Gasteiger charge is -2.09. The van der Waals surface area contributed by atoms with Crippen LogP contribution in [-0.2, 0) is 18.3 Å². The Kier molecular flexibility index (Phi) is 4.65. The molecule has 4 heteroatoms. The van der Waals surface area contributed by atoms with Gasteiger partial charge in [-0.2, -0.15) is 4.99 Å². The second kappa shape index (κ2) is 6.60. The van der Waals surface area contributed by atoms with Gasteiger partial charge in [-0.1, -0.05) is 35.1 Å². The fourth-order valence-corrected chi connectivity index (χ4v) is 4.55. The van der Waals surface area contributed by atoms with Gasteiger partial charge in [-0.15, -0.1) is 0 Å². The molecule has 3 nitrogen and oxygen atoms in total. The van der Waals surface area contributed by atoms with Gasteiger partial charge in [0.15, 0.2) is 4.80 Å². The normalized spacial score (nSPS) is 12.2. The number of thiazole rings is 1. The monoisotopic (exact) mass is 352 g/mol. The predicted octanol–water partition coefficient (Wildman–Crippen LogP) is 4.45. The number of hydrogen-bond acceptors (Lipinski definition) is 2. The summed E-state index contributed by atoms with van der Waals surface area (Å²) in [5.41, 5.74) is 8.23. The number of rotatable bonds is 2. The van der Waals surface area contributed by atoms with Gasteiger partial charge in [-0.3, -0.25) is 4.79 Å². The summed E-state index contributed by atoms with van der Waals surface area (Å²) in [5.74, 6) is -0.0911. The van der Waals surface area contributed by atoms with Gasteiger partial charge in [-0.05, 0) is 68.5 Å². The molecule has 0 aliphatic heterocycles. The van der Waals surface area contributed by atoms with Crippen LogP contribution in [0.1, 0.15) is 33.4 Å². The van der Waals surface area contributed by atoms with Crippen molar-refractivity contribution in [2.45, 2.75) is 41.0 Å². The van der Waals surface area contributed by atoms with Crippen molar-refractivity contribution in [3.63, 3.8) is 0 Å². The van der Waals surface area contributed by atoms with Gasteiger partial charge in [0, 0.05) is 7.05 Å². The summed E-state index contributed by atoms with van der Waals surface area (Å²) in [7, 11) is 1.98. The number of hydrogen-bond donors (Lipinski definition) is 0. The first-order valence-corrected chi connectivity index (χ1v) is 9.29. The maximum Gasteiger partial charge on any atom is 0.252 e. The maximum atomic E-state index is 12.6. The van der Waals surface area contributed by atoms with Crippen molar-refractivity contribution in [1.82, 2.24) is 4.57 Å². The minimum atomic E-state index is -0.0911. The molecule has 0 saturated carbocycles. The molecule has 1 heterocycles. The molecule has 0 aliphatic rings. The standard InChI is InChI=1S/C21H24N2OS/c1-12-7-14(3)17(15(4)8-12)11-19(24)22-21-23(6)18-10-13(2)9-16(5)20(18)25-21/h7-10H,11H2,1-6H3. The van der Waals surface area contributed by atoms with Crippen LogP contribution in [-0.4, -0.2) is 10.5 Å². The Bertz CT molecular complexity index is 1030. The van der Waals surface area contributed by atoms with E-state index < -0.39 is 0 Å². The minimum absolute atomic E-state index is 0.0911. The fourth-order valence-electron chi connectivity index (χ4n) is 3.46. The van der Waals surface area contributed by atoms with E-state index in [0.717, 1.165) is 27.0 Å². The molecule has 1 amide bonds. The third-order valence-corrected chi connectivity index (χ3v) is 5.91. The third kappa shape index (κ3) is 3.45. The lowest BCUT2D eigenvalue weighted by Crippen LogP contribution is -2.15. The van der Waals surface area contributed by atoms with Crippen LogP contribution in [0.15, 0.2) is 29.3 Å². The van der Waals surface area contributed by atoms with E-state index in [4.69, 9.17) is 0 Å². The first kappa shape index (κ1) is 17.6. The Morgan fingerprint density at radius 3 is 2.16 bits per heavy atom. The molecular weight excluding hydrogens is 328 g/mol. The van der Waals surface area contributed by atoms with Gasteiger partial charge < -0.3 is 4.57 Å². The predicted molar refractivity (Wildman–Crippen MR) is 105 cm³/mol. The van der Waals surface area contributed by atoms with Crippen molar-refractivity contribution in [2.75, 3.05) is 0 Å². The zero-order valence-corrected chi connectivity index (χ0v) is 16.5. The van der Waals surface area contributed by atoms with E-state index in [9.17, 15) is 4.79 Å². The van der Waals surface area contributed by atoms with Crippen LogP contribution >= 0.6 is 11.3 Å². The van der Waals surface area contributed by atoms with Crippen LogP contribution < -0.4 is 4.80 Å². The van der Waals surface area contributed by atoms with Gasteiger partial charge in [0.25, 0.3) is 5.91 Å². The number of benzene rings is 2. The maximum absolute atomic E-state index is 12.6. The highest BCUT2D eigenvalue weighted by molar-refractivity contribution is 7.16. The van der Waals surface area contributed by atoms with Crippen LogP contribution in [0.2, 0.25) is 0 Å². The SMILES string of the molecule is Cc1cc(C)c(CC(=O)N=c2sc3c(C)cc(C)cc3n2C)c(C)c1. The van der Waals surface area contributed by atoms with Gasteiger partial charge in [0.05, 0.1) is 16.6 Å². The van der Waals surface area contributed by atoms with Crippen LogP contribution in [0, 0.1) is 34.6 Å². The van der Waals surface area contributed by atoms with Gasteiger partial charge in [0.1, 0.15) is 0 Å². The molecular formula is C21H24N2OS. The van der Waals surface area contributed by atoms with Crippen molar-refractivity contribution in [3.05, 3.63) is 62.4 Å². The first-order valence-electron chi connectivity index (χ1n) is 8.47. The number of amides is 1. The fraction of sp³-hybridized carbons (Fsp3) is 0.333. The summed E-state index contributed by atoms with van der Waals surface area (Å²) in [6.45, 7) is 10.4. The number of carbonyl (C=O) groups excluding carboxylic acids is 1. The molecule has 0 unspecified atom stereocenters. The smallest absolute Gasteiger partial charge is 0.252 e. The van der Waals surface area contributed by atoms with E-state index in [1.54, 1.807) is 11.3 Å². The molecule has 0 radical (unpaired) electrons. The molecule has 2 aromatic carbocycles. The van der Waals surface area contributed by atoms with Crippen LogP contribution in [0.25, 0.3) is 10.2 Å². The molecule has 0 atom stereocenters.